The van der Waals surface area contributed by atoms with Gasteiger partial charge in [-0.1, -0.05) is 51.2 Å². The number of esters is 1. The maximum absolute atomic E-state index is 11.9. The van der Waals surface area contributed by atoms with Crippen LogP contribution >= 0.6 is 0 Å². The van der Waals surface area contributed by atoms with E-state index < -0.39 is 17.8 Å². The molecule has 1 rings (SSSR count). The zero-order valence-corrected chi connectivity index (χ0v) is 12.3. The number of unbranched alkanes of at least 4 members (excludes halogenated alkanes) is 5. The summed E-state index contributed by atoms with van der Waals surface area (Å²) in [6.07, 6.45) is 11.4. The third kappa shape index (κ3) is 5.76. The van der Waals surface area contributed by atoms with E-state index in [-0.39, 0.29) is 5.97 Å². The molecule has 20 heavy (non-hydrogen) atoms. The van der Waals surface area contributed by atoms with Crippen LogP contribution in [0.2, 0.25) is 0 Å². The Bertz CT molecular complexity index is 335. The van der Waals surface area contributed by atoms with Crippen LogP contribution in [0.25, 0.3) is 0 Å². The Balaban J connectivity index is 2.21. The molecule has 0 aromatic carbocycles. The lowest BCUT2D eigenvalue weighted by molar-refractivity contribution is -0.158. The Morgan fingerprint density at radius 2 is 1.65 bits per heavy atom. The first-order valence-electron chi connectivity index (χ1n) is 7.71. The second-order valence-electron chi connectivity index (χ2n) is 5.43. The molecule has 0 bridgehead atoms. The van der Waals surface area contributed by atoms with Crippen molar-refractivity contribution in [2.45, 2.75) is 58.3 Å². The van der Waals surface area contributed by atoms with E-state index in [1.807, 2.05) is 12.2 Å². The summed E-state index contributed by atoms with van der Waals surface area (Å²) in [5.74, 6) is -2.40. The zero-order chi connectivity index (χ0) is 14.8. The number of aliphatic carboxylic acids is 1. The normalized spacial score (nSPS) is 21.6. The predicted octanol–water partition coefficient (Wildman–Crippen LogP) is 3.56. The molecule has 0 heterocycles. The first-order valence-corrected chi connectivity index (χ1v) is 7.71. The van der Waals surface area contributed by atoms with Crippen molar-refractivity contribution in [1.82, 2.24) is 0 Å². The summed E-state index contributed by atoms with van der Waals surface area (Å²) >= 11 is 0. The highest BCUT2D eigenvalue weighted by atomic mass is 16.5. The Labute approximate surface area is 121 Å². The van der Waals surface area contributed by atoms with E-state index in [0.29, 0.717) is 19.4 Å². The molecule has 0 radical (unpaired) electrons. The van der Waals surface area contributed by atoms with Crippen molar-refractivity contribution in [3.8, 4) is 0 Å². The van der Waals surface area contributed by atoms with Gasteiger partial charge in [0, 0.05) is 0 Å². The van der Waals surface area contributed by atoms with Crippen LogP contribution in [-0.2, 0) is 14.3 Å². The molecular formula is C16H26O4. The van der Waals surface area contributed by atoms with E-state index in [9.17, 15) is 9.59 Å². The second-order valence-corrected chi connectivity index (χ2v) is 5.43. The highest BCUT2D eigenvalue weighted by Gasteiger charge is 2.34. The molecule has 4 nitrogen and oxygen atoms in total. The molecule has 0 saturated heterocycles. The molecule has 114 valence electrons. The second kappa shape index (κ2) is 9.56. The van der Waals surface area contributed by atoms with Crippen molar-refractivity contribution in [3.05, 3.63) is 12.2 Å². The smallest absolute Gasteiger partial charge is 0.310 e. The van der Waals surface area contributed by atoms with Crippen molar-refractivity contribution in [1.29, 1.82) is 0 Å². The fraction of sp³-hybridized carbons (Fsp3) is 0.750. The average Bonchev–Trinajstić information content (AvgIpc) is 2.46. The van der Waals surface area contributed by atoms with Crippen LogP contribution in [0.1, 0.15) is 58.3 Å². The van der Waals surface area contributed by atoms with Crippen LogP contribution < -0.4 is 0 Å². The fourth-order valence-electron chi connectivity index (χ4n) is 2.51. The molecule has 0 amide bonds. The van der Waals surface area contributed by atoms with Crippen molar-refractivity contribution < 1.29 is 19.4 Å². The van der Waals surface area contributed by atoms with Crippen molar-refractivity contribution in [2.75, 3.05) is 6.61 Å². The number of hydrogen-bond acceptors (Lipinski definition) is 3. The molecule has 1 aliphatic carbocycles. The van der Waals surface area contributed by atoms with Gasteiger partial charge in [-0.25, -0.2) is 0 Å². The van der Waals surface area contributed by atoms with E-state index in [4.69, 9.17) is 9.84 Å². The molecule has 1 aliphatic rings. The Morgan fingerprint density at radius 1 is 1.05 bits per heavy atom. The number of allylic oxidation sites excluding steroid dienone is 2. The van der Waals surface area contributed by atoms with E-state index in [0.717, 1.165) is 12.8 Å². The molecule has 0 spiro atoms. The van der Waals surface area contributed by atoms with Crippen LogP contribution in [0.15, 0.2) is 12.2 Å². The van der Waals surface area contributed by atoms with Gasteiger partial charge in [0.2, 0.25) is 0 Å². The van der Waals surface area contributed by atoms with Gasteiger partial charge in [0.05, 0.1) is 18.4 Å². The topological polar surface area (TPSA) is 63.6 Å². The summed E-state index contributed by atoms with van der Waals surface area (Å²) in [6, 6.07) is 0. The van der Waals surface area contributed by atoms with Gasteiger partial charge >= 0.3 is 11.9 Å². The molecule has 0 saturated carbocycles. The summed E-state index contributed by atoms with van der Waals surface area (Å²) in [5.41, 5.74) is 0. The Hall–Kier alpha value is -1.32. The molecule has 4 heteroatoms. The van der Waals surface area contributed by atoms with Crippen LogP contribution in [-0.4, -0.2) is 23.7 Å². The zero-order valence-electron chi connectivity index (χ0n) is 12.3. The molecule has 0 fully saturated rings. The number of carboxylic acids is 1. The van der Waals surface area contributed by atoms with Gasteiger partial charge < -0.3 is 9.84 Å². The summed E-state index contributed by atoms with van der Waals surface area (Å²) in [5, 5.41) is 9.11. The summed E-state index contributed by atoms with van der Waals surface area (Å²) in [6.45, 7) is 2.59. The lowest BCUT2D eigenvalue weighted by atomic mass is 9.83. The number of ether oxygens (including phenoxy) is 1. The van der Waals surface area contributed by atoms with E-state index in [1.165, 1.54) is 25.7 Å². The first kappa shape index (κ1) is 16.7. The molecule has 0 aromatic rings. The lowest BCUT2D eigenvalue weighted by Gasteiger charge is -2.23. The summed E-state index contributed by atoms with van der Waals surface area (Å²) in [4.78, 5) is 23.0. The minimum Gasteiger partial charge on any atom is -0.481 e. The summed E-state index contributed by atoms with van der Waals surface area (Å²) in [7, 11) is 0. The molecule has 0 aliphatic heterocycles. The van der Waals surface area contributed by atoms with Crippen LogP contribution in [0.3, 0.4) is 0 Å². The van der Waals surface area contributed by atoms with E-state index in [1.54, 1.807) is 0 Å². The number of hydrogen-bond donors (Lipinski definition) is 1. The van der Waals surface area contributed by atoms with Crippen molar-refractivity contribution in [3.63, 3.8) is 0 Å². The maximum atomic E-state index is 11.9. The quantitative estimate of drug-likeness (QED) is 0.399. The number of carbonyl (C=O) groups is 2. The van der Waals surface area contributed by atoms with Crippen LogP contribution in [0, 0.1) is 11.8 Å². The van der Waals surface area contributed by atoms with E-state index in [2.05, 4.69) is 6.92 Å². The average molecular weight is 282 g/mol. The van der Waals surface area contributed by atoms with Gasteiger partial charge in [-0.15, -0.1) is 0 Å². The number of rotatable bonds is 9. The highest BCUT2D eigenvalue weighted by Crippen LogP contribution is 2.27. The summed E-state index contributed by atoms with van der Waals surface area (Å²) < 4.78 is 5.23. The SMILES string of the molecule is CCCCCCCCOC(=O)C1CC=CCC1C(=O)O. The van der Waals surface area contributed by atoms with Gasteiger partial charge in [0.1, 0.15) is 0 Å². The number of carboxylic acid groups (broad SMARTS) is 1. The lowest BCUT2D eigenvalue weighted by Crippen LogP contribution is -2.32. The molecule has 0 aromatic heterocycles. The van der Waals surface area contributed by atoms with Gasteiger partial charge in [0.15, 0.2) is 0 Å². The standard InChI is InChI=1S/C16H26O4/c1-2-3-4-5-6-9-12-20-16(19)14-11-8-7-10-13(14)15(17)18/h7-8,13-14H,2-6,9-12H2,1H3,(H,17,18). The Morgan fingerprint density at radius 3 is 2.30 bits per heavy atom. The Kier molecular flexibility index (Phi) is 8.00. The predicted molar refractivity (Wildman–Crippen MR) is 77.3 cm³/mol. The van der Waals surface area contributed by atoms with Crippen molar-refractivity contribution >= 4 is 11.9 Å². The third-order valence-electron chi connectivity index (χ3n) is 3.79. The molecule has 2 unspecified atom stereocenters. The molecular weight excluding hydrogens is 256 g/mol. The number of carbonyl (C=O) groups excluding carboxylic acids is 1. The van der Waals surface area contributed by atoms with Gasteiger partial charge in [0.25, 0.3) is 0 Å². The maximum Gasteiger partial charge on any atom is 0.310 e. The largest absolute Gasteiger partial charge is 0.481 e. The minimum atomic E-state index is -0.907. The third-order valence-corrected chi connectivity index (χ3v) is 3.79. The minimum absolute atomic E-state index is 0.352. The first-order chi connectivity index (χ1) is 9.66. The monoisotopic (exact) mass is 282 g/mol. The molecule has 1 N–H and O–H groups in total. The van der Waals surface area contributed by atoms with Crippen LogP contribution in [0.5, 0.6) is 0 Å². The molecule has 2 atom stereocenters. The van der Waals surface area contributed by atoms with Gasteiger partial charge in [-0.05, 0) is 19.3 Å². The fourth-order valence-corrected chi connectivity index (χ4v) is 2.51. The van der Waals surface area contributed by atoms with Gasteiger partial charge in [-0.3, -0.25) is 9.59 Å². The highest BCUT2D eigenvalue weighted by molar-refractivity contribution is 5.81. The van der Waals surface area contributed by atoms with E-state index >= 15 is 0 Å². The van der Waals surface area contributed by atoms with Gasteiger partial charge in [-0.2, -0.15) is 0 Å². The van der Waals surface area contributed by atoms with Crippen molar-refractivity contribution in [2.24, 2.45) is 11.8 Å². The van der Waals surface area contributed by atoms with Crippen LogP contribution in [0.4, 0.5) is 0 Å².